The Morgan fingerprint density at radius 2 is 2.44 bits per heavy atom. The standard InChI is InChI=1S/C11H16N2O2S/c1-3-6-13(2)11-12-9-7(10(14)15)4-5-8(9)16-11/h7H,3-6H2,1-2H3,(H,14,15). The van der Waals surface area contributed by atoms with Gasteiger partial charge in [-0.3, -0.25) is 4.79 Å². The van der Waals surface area contributed by atoms with Crippen LogP contribution in [0.25, 0.3) is 0 Å². The van der Waals surface area contributed by atoms with Crippen molar-refractivity contribution in [3.05, 3.63) is 10.6 Å². The SMILES string of the molecule is CCCN(C)c1nc2c(s1)CCC2C(=O)O. The van der Waals surface area contributed by atoms with Crippen molar-refractivity contribution in [3.8, 4) is 0 Å². The number of carboxylic acids is 1. The first-order chi connectivity index (χ1) is 7.63. The second-order valence-corrected chi connectivity index (χ2v) is 5.22. The van der Waals surface area contributed by atoms with Crippen molar-refractivity contribution >= 4 is 22.4 Å². The Kier molecular flexibility index (Phi) is 3.14. The van der Waals surface area contributed by atoms with Crippen LogP contribution < -0.4 is 4.90 Å². The fraction of sp³-hybridized carbons (Fsp3) is 0.636. The van der Waals surface area contributed by atoms with Crippen LogP contribution in [-0.4, -0.2) is 29.7 Å². The van der Waals surface area contributed by atoms with Crippen LogP contribution in [0.15, 0.2) is 0 Å². The molecule has 1 aromatic heterocycles. The Morgan fingerprint density at radius 3 is 3.06 bits per heavy atom. The lowest BCUT2D eigenvalue weighted by Gasteiger charge is -2.14. The Morgan fingerprint density at radius 1 is 1.69 bits per heavy atom. The third kappa shape index (κ3) is 1.91. The van der Waals surface area contributed by atoms with Crippen molar-refractivity contribution in [3.63, 3.8) is 0 Å². The van der Waals surface area contributed by atoms with Crippen molar-refractivity contribution in [1.82, 2.24) is 4.98 Å². The van der Waals surface area contributed by atoms with Gasteiger partial charge in [-0.05, 0) is 19.3 Å². The number of aliphatic carboxylic acids is 1. The molecule has 1 atom stereocenters. The number of aryl methyl sites for hydroxylation is 1. The van der Waals surface area contributed by atoms with Gasteiger partial charge >= 0.3 is 5.97 Å². The summed E-state index contributed by atoms with van der Waals surface area (Å²) in [6, 6.07) is 0. The highest BCUT2D eigenvalue weighted by molar-refractivity contribution is 7.15. The topological polar surface area (TPSA) is 53.4 Å². The Hall–Kier alpha value is -1.10. The summed E-state index contributed by atoms with van der Waals surface area (Å²) in [5, 5.41) is 10.0. The van der Waals surface area contributed by atoms with Crippen molar-refractivity contribution in [2.75, 3.05) is 18.5 Å². The molecule has 1 N–H and O–H groups in total. The molecule has 88 valence electrons. The Bertz CT molecular complexity index is 403. The molecule has 5 heteroatoms. The molecule has 1 unspecified atom stereocenters. The number of rotatable bonds is 4. The molecule has 1 aliphatic carbocycles. The van der Waals surface area contributed by atoms with Crippen LogP contribution >= 0.6 is 11.3 Å². The predicted octanol–water partition coefficient (Wildman–Crippen LogP) is 2.10. The number of nitrogens with zero attached hydrogens (tertiary/aromatic N) is 2. The molecule has 0 saturated heterocycles. The number of carboxylic acid groups (broad SMARTS) is 1. The maximum atomic E-state index is 11.0. The molecule has 1 aliphatic rings. The second kappa shape index (κ2) is 4.41. The number of hydrogen-bond donors (Lipinski definition) is 1. The summed E-state index contributed by atoms with van der Waals surface area (Å²) in [7, 11) is 2.01. The minimum absolute atomic E-state index is 0.380. The summed E-state index contributed by atoms with van der Waals surface area (Å²) in [6.07, 6.45) is 2.65. The smallest absolute Gasteiger partial charge is 0.312 e. The van der Waals surface area contributed by atoms with E-state index in [0.29, 0.717) is 6.42 Å². The fourth-order valence-corrected chi connectivity index (χ4v) is 3.17. The van der Waals surface area contributed by atoms with E-state index in [4.69, 9.17) is 5.11 Å². The normalized spacial score (nSPS) is 18.5. The molecule has 0 radical (unpaired) electrons. The molecule has 16 heavy (non-hydrogen) atoms. The summed E-state index contributed by atoms with van der Waals surface area (Å²) in [5.74, 6) is -1.12. The Balaban J connectivity index is 2.22. The van der Waals surface area contributed by atoms with Crippen LogP contribution in [0.4, 0.5) is 5.13 Å². The van der Waals surface area contributed by atoms with Crippen LogP contribution in [0.3, 0.4) is 0 Å². The molecular weight excluding hydrogens is 224 g/mol. The molecule has 0 bridgehead atoms. The van der Waals surface area contributed by atoms with Crippen LogP contribution in [0.1, 0.15) is 36.3 Å². The maximum absolute atomic E-state index is 11.0. The molecule has 0 saturated carbocycles. The van der Waals surface area contributed by atoms with Crippen molar-refractivity contribution in [2.45, 2.75) is 32.1 Å². The molecule has 0 amide bonds. The third-order valence-corrected chi connectivity index (χ3v) is 4.14. The van der Waals surface area contributed by atoms with Crippen molar-refractivity contribution in [1.29, 1.82) is 0 Å². The molecule has 0 spiro atoms. The van der Waals surface area contributed by atoms with E-state index < -0.39 is 5.97 Å². The van der Waals surface area contributed by atoms with E-state index in [-0.39, 0.29) is 5.92 Å². The van der Waals surface area contributed by atoms with Gasteiger partial charge in [0.1, 0.15) is 5.92 Å². The minimum atomic E-state index is -0.742. The number of aromatic nitrogens is 1. The lowest BCUT2D eigenvalue weighted by atomic mass is 10.1. The molecule has 1 heterocycles. The van der Waals surface area contributed by atoms with Crippen molar-refractivity contribution < 1.29 is 9.90 Å². The summed E-state index contributed by atoms with van der Waals surface area (Å²) in [6.45, 7) is 3.09. The first-order valence-electron chi connectivity index (χ1n) is 5.57. The Labute approximate surface area is 98.9 Å². The number of anilines is 1. The average molecular weight is 240 g/mol. The molecular formula is C11H16N2O2S. The van der Waals surface area contributed by atoms with Gasteiger partial charge in [0, 0.05) is 18.5 Å². The third-order valence-electron chi connectivity index (χ3n) is 2.89. The summed E-state index contributed by atoms with van der Waals surface area (Å²) < 4.78 is 0. The summed E-state index contributed by atoms with van der Waals surface area (Å²) >= 11 is 1.64. The number of hydrogen-bond acceptors (Lipinski definition) is 4. The molecule has 0 fully saturated rings. The van der Waals surface area contributed by atoms with E-state index in [0.717, 1.165) is 35.1 Å². The number of thiazole rings is 1. The summed E-state index contributed by atoms with van der Waals surface area (Å²) in [4.78, 5) is 18.8. The molecule has 4 nitrogen and oxygen atoms in total. The van der Waals surface area contributed by atoms with E-state index in [1.54, 1.807) is 11.3 Å². The first-order valence-corrected chi connectivity index (χ1v) is 6.38. The summed E-state index contributed by atoms with van der Waals surface area (Å²) in [5.41, 5.74) is 0.801. The highest BCUT2D eigenvalue weighted by Gasteiger charge is 2.32. The monoisotopic (exact) mass is 240 g/mol. The van der Waals surface area contributed by atoms with Crippen LogP contribution in [0.2, 0.25) is 0 Å². The van der Waals surface area contributed by atoms with E-state index >= 15 is 0 Å². The predicted molar refractivity (Wildman–Crippen MR) is 64.4 cm³/mol. The van der Waals surface area contributed by atoms with Gasteiger partial charge in [0.15, 0.2) is 5.13 Å². The number of carbonyl (C=O) groups is 1. The first kappa shape index (κ1) is 11.4. The van der Waals surface area contributed by atoms with Gasteiger partial charge < -0.3 is 10.0 Å². The largest absolute Gasteiger partial charge is 0.481 e. The molecule has 1 aromatic rings. The zero-order valence-corrected chi connectivity index (χ0v) is 10.4. The quantitative estimate of drug-likeness (QED) is 0.875. The zero-order chi connectivity index (χ0) is 11.7. The lowest BCUT2D eigenvalue weighted by Crippen LogP contribution is -2.18. The van der Waals surface area contributed by atoms with Crippen molar-refractivity contribution in [2.24, 2.45) is 0 Å². The van der Waals surface area contributed by atoms with E-state index in [1.165, 1.54) is 0 Å². The van der Waals surface area contributed by atoms with Crippen LogP contribution in [0.5, 0.6) is 0 Å². The van der Waals surface area contributed by atoms with Crippen LogP contribution in [-0.2, 0) is 11.2 Å². The van der Waals surface area contributed by atoms with Gasteiger partial charge in [0.05, 0.1) is 5.69 Å². The molecule has 2 rings (SSSR count). The van der Waals surface area contributed by atoms with Gasteiger partial charge in [-0.1, -0.05) is 6.92 Å². The van der Waals surface area contributed by atoms with E-state index in [2.05, 4.69) is 16.8 Å². The van der Waals surface area contributed by atoms with Gasteiger partial charge in [-0.2, -0.15) is 0 Å². The number of fused-ring (bicyclic) bond motifs is 1. The minimum Gasteiger partial charge on any atom is -0.481 e. The van der Waals surface area contributed by atoms with Gasteiger partial charge in [-0.15, -0.1) is 11.3 Å². The second-order valence-electron chi connectivity index (χ2n) is 4.16. The van der Waals surface area contributed by atoms with Crippen LogP contribution in [0, 0.1) is 0 Å². The highest BCUT2D eigenvalue weighted by atomic mass is 32.1. The average Bonchev–Trinajstić information content (AvgIpc) is 2.74. The van der Waals surface area contributed by atoms with E-state index in [1.807, 2.05) is 7.05 Å². The highest BCUT2D eigenvalue weighted by Crippen LogP contribution is 2.39. The zero-order valence-electron chi connectivity index (χ0n) is 9.56. The molecule has 0 aromatic carbocycles. The van der Waals surface area contributed by atoms with E-state index in [9.17, 15) is 4.79 Å². The maximum Gasteiger partial charge on any atom is 0.312 e. The molecule has 0 aliphatic heterocycles. The van der Waals surface area contributed by atoms with Gasteiger partial charge in [0.2, 0.25) is 0 Å². The lowest BCUT2D eigenvalue weighted by molar-refractivity contribution is -0.138. The van der Waals surface area contributed by atoms with Gasteiger partial charge in [0.25, 0.3) is 0 Å². The van der Waals surface area contributed by atoms with Gasteiger partial charge in [-0.25, -0.2) is 4.98 Å². The fourth-order valence-electron chi connectivity index (χ4n) is 2.05.